The van der Waals surface area contributed by atoms with Crippen molar-refractivity contribution in [3.8, 4) is 0 Å². The molecule has 0 aliphatic carbocycles. The summed E-state index contributed by atoms with van der Waals surface area (Å²) in [4.78, 5) is 10.5. The molecule has 5 nitrogen and oxygen atoms in total. The molecular weight excluding hydrogens is 164 g/mol. The highest BCUT2D eigenvalue weighted by atomic mass is 16.6. The molecule has 0 amide bonds. The van der Waals surface area contributed by atoms with E-state index < -0.39 is 24.5 Å². The van der Waals surface area contributed by atoms with Gasteiger partial charge in [0.05, 0.1) is 6.61 Å². The van der Waals surface area contributed by atoms with Gasteiger partial charge in [-0.1, -0.05) is 0 Å². The smallest absolute Gasteiger partial charge is 0.302 e. The van der Waals surface area contributed by atoms with Crippen LogP contribution < -0.4 is 0 Å². The summed E-state index contributed by atoms with van der Waals surface area (Å²) >= 11 is 0. The lowest BCUT2D eigenvalue weighted by Crippen LogP contribution is -2.29. The maximum atomic E-state index is 10.5. The zero-order valence-corrected chi connectivity index (χ0v) is 6.77. The molecule has 12 heavy (non-hydrogen) atoms. The van der Waals surface area contributed by atoms with Gasteiger partial charge in [0.25, 0.3) is 0 Å². The van der Waals surface area contributed by atoms with E-state index in [1.54, 1.807) is 0 Å². The van der Waals surface area contributed by atoms with Gasteiger partial charge in [0.2, 0.25) is 0 Å². The molecule has 1 aliphatic rings. The summed E-state index contributed by atoms with van der Waals surface area (Å²) in [5.41, 5.74) is 0. The van der Waals surface area contributed by atoms with Crippen molar-refractivity contribution in [3.63, 3.8) is 0 Å². The number of esters is 1. The van der Waals surface area contributed by atoms with Crippen LogP contribution in [0.15, 0.2) is 0 Å². The van der Waals surface area contributed by atoms with Crippen LogP contribution in [0.4, 0.5) is 0 Å². The van der Waals surface area contributed by atoms with Crippen LogP contribution in [0.25, 0.3) is 0 Å². The topological polar surface area (TPSA) is 76.0 Å². The summed E-state index contributed by atoms with van der Waals surface area (Å²) < 4.78 is 9.65. The lowest BCUT2D eigenvalue weighted by Gasteiger charge is -2.14. The summed E-state index contributed by atoms with van der Waals surface area (Å²) in [5, 5.41) is 17.7. The van der Waals surface area contributed by atoms with E-state index in [0.717, 1.165) is 0 Å². The van der Waals surface area contributed by atoms with Gasteiger partial charge in [0.15, 0.2) is 6.29 Å². The molecule has 1 rings (SSSR count). The number of carbonyl (C=O) groups excluding carboxylic acids is 1. The van der Waals surface area contributed by atoms with E-state index in [9.17, 15) is 4.79 Å². The van der Waals surface area contributed by atoms with Crippen LogP contribution in [-0.4, -0.2) is 41.3 Å². The second kappa shape index (κ2) is 3.84. The first-order valence-corrected chi connectivity index (χ1v) is 3.75. The van der Waals surface area contributed by atoms with Gasteiger partial charge < -0.3 is 19.7 Å². The molecule has 0 aromatic rings. The number of carbonyl (C=O) groups is 1. The second-order valence-electron chi connectivity index (χ2n) is 2.70. The van der Waals surface area contributed by atoms with Crippen molar-refractivity contribution < 1.29 is 24.5 Å². The van der Waals surface area contributed by atoms with Gasteiger partial charge >= 0.3 is 5.97 Å². The first-order valence-electron chi connectivity index (χ1n) is 3.75. The lowest BCUT2D eigenvalue weighted by atomic mass is 10.2. The Bertz CT molecular complexity index is 169. The number of hydrogen-bond acceptors (Lipinski definition) is 5. The third-order valence-electron chi connectivity index (χ3n) is 1.68. The molecule has 1 saturated heterocycles. The second-order valence-corrected chi connectivity index (χ2v) is 2.70. The van der Waals surface area contributed by atoms with Crippen LogP contribution in [0, 0.1) is 0 Å². The molecule has 1 aliphatic heterocycles. The SMILES string of the molecule is CC(=O)O[C@H]1CC(O)O[C@@H]1CO. The van der Waals surface area contributed by atoms with Gasteiger partial charge in [-0.15, -0.1) is 0 Å². The van der Waals surface area contributed by atoms with Gasteiger partial charge in [0.1, 0.15) is 12.2 Å². The van der Waals surface area contributed by atoms with Crippen LogP contribution in [0.2, 0.25) is 0 Å². The number of aliphatic hydroxyl groups excluding tert-OH is 2. The molecule has 0 aromatic carbocycles. The fourth-order valence-corrected chi connectivity index (χ4v) is 1.19. The average molecular weight is 176 g/mol. The van der Waals surface area contributed by atoms with Gasteiger partial charge in [0, 0.05) is 13.3 Å². The molecule has 70 valence electrons. The average Bonchev–Trinajstić information content (AvgIpc) is 2.29. The molecule has 5 heteroatoms. The van der Waals surface area contributed by atoms with Crippen molar-refractivity contribution in [1.82, 2.24) is 0 Å². The molecule has 2 N–H and O–H groups in total. The van der Waals surface area contributed by atoms with Crippen LogP contribution in [0.1, 0.15) is 13.3 Å². The monoisotopic (exact) mass is 176 g/mol. The van der Waals surface area contributed by atoms with Gasteiger partial charge in [-0.2, -0.15) is 0 Å². The Hall–Kier alpha value is -0.650. The lowest BCUT2D eigenvalue weighted by molar-refractivity contribution is -0.151. The Labute approximate surface area is 69.9 Å². The first-order chi connectivity index (χ1) is 5.63. The Morgan fingerprint density at radius 1 is 1.75 bits per heavy atom. The van der Waals surface area contributed by atoms with E-state index in [4.69, 9.17) is 19.7 Å². The van der Waals surface area contributed by atoms with Crippen molar-refractivity contribution in [1.29, 1.82) is 0 Å². The fraction of sp³-hybridized carbons (Fsp3) is 0.857. The minimum atomic E-state index is -0.938. The Balaban J connectivity index is 2.46. The number of hydrogen-bond donors (Lipinski definition) is 2. The van der Waals surface area contributed by atoms with E-state index in [1.165, 1.54) is 6.92 Å². The summed E-state index contributed by atoms with van der Waals surface area (Å²) in [5.74, 6) is -0.434. The summed E-state index contributed by atoms with van der Waals surface area (Å²) in [7, 11) is 0. The molecule has 0 radical (unpaired) electrons. The zero-order chi connectivity index (χ0) is 9.14. The normalized spacial score (nSPS) is 35.1. The highest BCUT2D eigenvalue weighted by Gasteiger charge is 2.35. The molecule has 1 unspecified atom stereocenters. The van der Waals surface area contributed by atoms with E-state index in [2.05, 4.69) is 0 Å². The summed E-state index contributed by atoms with van der Waals surface area (Å²) in [6.45, 7) is 1.02. The van der Waals surface area contributed by atoms with E-state index in [1.807, 2.05) is 0 Å². The van der Waals surface area contributed by atoms with Gasteiger partial charge in [-0.3, -0.25) is 4.79 Å². The molecule has 0 bridgehead atoms. The number of rotatable bonds is 2. The van der Waals surface area contributed by atoms with Crippen molar-refractivity contribution in [2.24, 2.45) is 0 Å². The minimum Gasteiger partial charge on any atom is -0.459 e. The highest BCUT2D eigenvalue weighted by molar-refractivity contribution is 5.66. The van der Waals surface area contributed by atoms with Gasteiger partial charge in [-0.25, -0.2) is 0 Å². The molecular formula is C7H12O5. The predicted octanol–water partition coefficient (Wildman–Crippen LogP) is -0.982. The summed E-state index contributed by atoms with van der Waals surface area (Å²) in [6, 6.07) is 0. The number of ether oxygens (including phenoxy) is 2. The predicted molar refractivity (Wildman–Crippen MR) is 38.1 cm³/mol. The quantitative estimate of drug-likeness (QED) is 0.529. The van der Waals surface area contributed by atoms with Crippen LogP contribution in [0.3, 0.4) is 0 Å². The van der Waals surface area contributed by atoms with Crippen LogP contribution in [-0.2, 0) is 14.3 Å². The maximum absolute atomic E-state index is 10.5. The third-order valence-corrected chi connectivity index (χ3v) is 1.68. The zero-order valence-electron chi connectivity index (χ0n) is 6.77. The summed E-state index contributed by atoms with van der Waals surface area (Å²) in [6.07, 6.45) is -1.83. The van der Waals surface area contributed by atoms with E-state index in [-0.39, 0.29) is 13.0 Å². The Morgan fingerprint density at radius 3 is 2.92 bits per heavy atom. The van der Waals surface area contributed by atoms with Crippen LogP contribution >= 0.6 is 0 Å². The van der Waals surface area contributed by atoms with Crippen molar-refractivity contribution >= 4 is 5.97 Å². The molecule has 3 atom stereocenters. The van der Waals surface area contributed by atoms with Crippen molar-refractivity contribution in [2.75, 3.05) is 6.61 Å². The van der Waals surface area contributed by atoms with E-state index >= 15 is 0 Å². The van der Waals surface area contributed by atoms with Crippen LogP contribution in [0.5, 0.6) is 0 Å². The Morgan fingerprint density at radius 2 is 2.42 bits per heavy atom. The maximum Gasteiger partial charge on any atom is 0.302 e. The van der Waals surface area contributed by atoms with Crippen molar-refractivity contribution in [2.45, 2.75) is 31.8 Å². The number of aliphatic hydroxyl groups is 2. The molecule has 0 saturated carbocycles. The molecule has 0 spiro atoms. The van der Waals surface area contributed by atoms with E-state index in [0.29, 0.717) is 0 Å². The first kappa shape index (κ1) is 9.44. The minimum absolute atomic E-state index is 0.227. The molecule has 0 aromatic heterocycles. The fourth-order valence-electron chi connectivity index (χ4n) is 1.19. The third kappa shape index (κ3) is 2.17. The largest absolute Gasteiger partial charge is 0.459 e. The standard InChI is InChI=1S/C7H12O5/c1-4(9)11-5-2-7(10)12-6(5)3-8/h5-8,10H,2-3H2,1H3/t5-,6+,7?/m0/s1. The Kier molecular flexibility index (Phi) is 3.02. The highest BCUT2D eigenvalue weighted by Crippen LogP contribution is 2.21. The van der Waals surface area contributed by atoms with Gasteiger partial charge in [-0.05, 0) is 0 Å². The molecule has 1 fully saturated rings. The molecule has 1 heterocycles. The van der Waals surface area contributed by atoms with Crippen molar-refractivity contribution in [3.05, 3.63) is 0 Å².